The minimum atomic E-state index is -0.511. The van der Waals surface area contributed by atoms with Gasteiger partial charge in [-0.1, -0.05) is 0 Å². The molecule has 1 amide bonds. The van der Waals surface area contributed by atoms with Crippen molar-refractivity contribution in [3.63, 3.8) is 0 Å². The molecule has 1 aliphatic heterocycles. The molecule has 0 unspecified atom stereocenters. The second-order valence-corrected chi connectivity index (χ2v) is 7.09. The lowest BCUT2D eigenvalue weighted by atomic mass is 10.2. The van der Waals surface area contributed by atoms with Crippen LogP contribution in [-0.4, -0.2) is 61.5 Å². The monoisotopic (exact) mass is 395 g/mol. The lowest BCUT2D eigenvalue weighted by molar-refractivity contribution is 0.0745. The third-order valence-electron chi connectivity index (χ3n) is 5.15. The van der Waals surface area contributed by atoms with Gasteiger partial charge in [0.05, 0.1) is 17.5 Å². The molecule has 0 N–H and O–H groups in total. The SMILES string of the molecule is Cc1nc(N2CCN(C(=O)c3cncc(F)c3)CC2)cc(-n2cnc(C)c2C)n1. The number of hydrogen-bond acceptors (Lipinski definition) is 6. The molecule has 9 heteroatoms. The highest BCUT2D eigenvalue weighted by molar-refractivity contribution is 5.94. The lowest BCUT2D eigenvalue weighted by Gasteiger charge is -2.35. The number of amides is 1. The second kappa shape index (κ2) is 7.57. The quantitative estimate of drug-likeness (QED) is 0.676. The zero-order valence-electron chi connectivity index (χ0n) is 16.6. The highest BCUT2D eigenvalue weighted by atomic mass is 19.1. The number of pyridine rings is 1. The Morgan fingerprint density at radius 1 is 1.00 bits per heavy atom. The summed E-state index contributed by atoms with van der Waals surface area (Å²) in [5.41, 5.74) is 2.26. The molecule has 4 rings (SSSR count). The van der Waals surface area contributed by atoms with Crippen molar-refractivity contribution in [1.82, 2.24) is 29.4 Å². The molecule has 4 heterocycles. The van der Waals surface area contributed by atoms with Gasteiger partial charge in [0.2, 0.25) is 0 Å². The highest BCUT2D eigenvalue weighted by Gasteiger charge is 2.24. The van der Waals surface area contributed by atoms with Crippen LogP contribution in [0.3, 0.4) is 0 Å². The van der Waals surface area contributed by atoms with Gasteiger partial charge in [-0.25, -0.2) is 19.3 Å². The standard InChI is InChI=1S/C20H22FN7O/c1-13-14(2)28(12-23-13)19-9-18(24-15(3)25-19)26-4-6-27(7-5-26)20(29)16-8-17(21)11-22-10-16/h8-12H,4-7H2,1-3H3. The Morgan fingerprint density at radius 2 is 1.72 bits per heavy atom. The van der Waals surface area contributed by atoms with E-state index in [1.165, 1.54) is 12.3 Å². The Hall–Kier alpha value is -3.36. The van der Waals surface area contributed by atoms with Crippen LogP contribution in [0.25, 0.3) is 5.82 Å². The van der Waals surface area contributed by atoms with E-state index in [0.29, 0.717) is 32.0 Å². The molecule has 8 nitrogen and oxygen atoms in total. The van der Waals surface area contributed by atoms with Crippen LogP contribution in [0.2, 0.25) is 0 Å². The Morgan fingerprint density at radius 3 is 2.38 bits per heavy atom. The molecule has 0 aliphatic carbocycles. The third-order valence-corrected chi connectivity index (χ3v) is 5.15. The number of carbonyl (C=O) groups is 1. The van der Waals surface area contributed by atoms with E-state index in [4.69, 9.17) is 0 Å². The topological polar surface area (TPSA) is 80.0 Å². The van der Waals surface area contributed by atoms with Crippen LogP contribution in [0.1, 0.15) is 27.6 Å². The summed E-state index contributed by atoms with van der Waals surface area (Å²) >= 11 is 0. The minimum Gasteiger partial charge on any atom is -0.353 e. The molecular weight excluding hydrogens is 373 g/mol. The van der Waals surface area contributed by atoms with Crippen LogP contribution in [0, 0.1) is 26.6 Å². The van der Waals surface area contributed by atoms with Crippen LogP contribution >= 0.6 is 0 Å². The Labute approximate surface area is 168 Å². The van der Waals surface area contributed by atoms with E-state index < -0.39 is 5.82 Å². The molecule has 0 saturated carbocycles. The van der Waals surface area contributed by atoms with Crippen molar-refractivity contribution in [2.75, 3.05) is 31.1 Å². The number of anilines is 1. The molecule has 3 aromatic rings. The summed E-state index contributed by atoms with van der Waals surface area (Å²) in [5.74, 6) is 1.55. The van der Waals surface area contributed by atoms with Gasteiger partial charge >= 0.3 is 0 Å². The Kier molecular flexibility index (Phi) is 4.96. The van der Waals surface area contributed by atoms with Gasteiger partial charge in [-0.3, -0.25) is 14.3 Å². The van der Waals surface area contributed by atoms with E-state index in [1.54, 1.807) is 11.2 Å². The molecule has 0 radical (unpaired) electrons. The van der Waals surface area contributed by atoms with Gasteiger partial charge in [-0.05, 0) is 26.8 Å². The van der Waals surface area contributed by atoms with E-state index in [1.807, 2.05) is 31.4 Å². The predicted molar refractivity (Wildman–Crippen MR) is 106 cm³/mol. The Balaban J connectivity index is 1.50. The average Bonchev–Trinajstić information content (AvgIpc) is 3.06. The summed E-state index contributed by atoms with van der Waals surface area (Å²) in [6.07, 6.45) is 4.25. The molecule has 0 bridgehead atoms. The molecule has 3 aromatic heterocycles. The maximum Gasteiger partial charge on any atom is 0.255 e. The van der Waals surface area contributed by atoms with Crippen LogP contribution in [-0.2, 0) is 0 Å². The normalized spacial score (nSPS) is 14.3. The molecule has 0 spiro atoms. The van der Waals surface area contributed by atoms with Crippen molar-refractivity contribution >= 4 is 11.7 Å². The van der Waals surface area contributed by atoms with Crippen molar-refractivity contribution in [2.24, 2.45) is 0 Å². The number of aryl methyl sites for hydroxylation is 2. The fourth-order valence-electron chi connectivity index (χ4n) is 3.40. The summed E-state index contributed by atoms with van der Waals surface area (Å²) in [4.78, 5) is 33.7. The van der Waals surface area contributed by atoms with Gasteiger partial charge in [0.1, 0.15) is 29.6 Å². The first-order valence-electron chi connectivity index (χ1n) is 9.44. The van der Waals surface area contributed by atoms with Gasteiger partial charge in [0, 0.05) is 44.1 Å². The van der Waals surface area contributed by atoms with Gasteiger partial charge < -0.3 is 9.80 Å². The fraction of sp³-hybridized carbons (Fsp3) is 0.350. The van der Waals surface area contributed by atoms with E-state index in [-0.39, 0.29) is 11.5 Å². The first-order valence-corrected chi connectivity index (χ1v) is 9.44. The molecule has 1 fully saturated rings. The van der Waals surface area contributed by atoms with Gasteiger partial charge in [0.15, 0.2) is 0 Å². The van der Waals surface area contributed by atoms with Crippen LogP contribution in [0.15, 0.2) is 30.9 Å². The molecule has 1 saturated heterocycles. The van der Waals surface area contributed by atoms with Crippen molar-refractivity contribution in [3.8, 4) is 5.82 Å². The van der Waals surface area contributed by atoms with E-state index in [2.05, 4.69) is 24.8 Å². The lowest BCUT2D eigenvalue weighted by Crippen LogP contribution is -2.49. The summed E-state index contributed by atoms with van der Waals surface area (Å²) in [6, 6.07) is 3.16. The number of carbonyl (C=O) groups excluding carboxylic acids is 1. The van der Waals surface area contributed by atoms with E-state index >= 15 is 0 Å². The first-order chi connectivity index (χ1) is 13.9. The van der Waals surface area contributed by atoms with Gasteiger partial charge in [0.25, 0.3) is 5.91 Å². The molecule has 0 aromatic carbocycles. The van der Waals surface area contributed by atoms with E-state index in [9.17, 15) is 9.18 Å². The predicted octanol–water partition coefficient (Wildman–Crippen LogP) is 2.08. The number of aromatic nitrogens is 5. The molecule has 1 aliphatic rings. The average molecular weight is 395 g/mol. The summed E-state index contributed by atoms with van der Waals surface area (Å²) in [7, 11) is 0. The summed E-state index contributed by atoms with van der Waals surface area (Å²) < 4.78 is 15.3. The van der Waals surface area contributed by atoms with Gasteiger partial charge in [-0.15, -0.1) is 0 Å². The number of imidazole rings is 1. The maximum atomic E-state index is 13.4. The van der Waals surface area contributed by atoms with Crippen LogP contribution in [0.5, 0.6) is 0 Å². The largest absolute Gasteiger partial charge is 0.353 e. The Bertz CT molecular complexity index is 1060. The molecule has 0 atom stereocenters. The van der Waals surface area contributed by atoms with Crippen molar-refractivity contribution in [1.29, 1.82) is 0 Å². The van der Waals surface area contributed by atoms with Crippen molar-refractivity contribution in [2.45, 2.75) is 20.8 Å². The first kappa shape index (κ1) is 19.0. The number of halogens is 1. The molecular formula is C20H22FN7O. The second-order valence-electron chi connectivity index (χ2n) is 7.09. The van der Waals surface area contributed by atoms with E-state index in [0.717, 1.165) is 29.2 Å². The van der Waals surface area contributed by atoms with Crippen molar-refractivity contribution < 1.29 is 9.18 Å². The molecule has 150 valence electrons. The minimum absolute atomic E-state index is 0.208. The highest BCUT2D eigenvalue weighted by Crippen LogP contribution is 2.20. The number of rotatable bonds is 3. The summed E-state index contributed by atoms with van der Waals surface area (Å²) in [5, 5.41) is 0. The molecule has 29 heavy (non-hydrogen) atoms. The number of nitrogens with zero attached hydrogens (tertiary/aromatic N) is 7. The number of hydrogen-bond donors (Lipinski definition) is 0. The van der Waals surface area contributed by atoms with Crippen molar-refractivity contribution in [3.05, 3.63) is 59.4 Å². The zero-order chi connectivity index (χ0) is 20.5. The maximum absolute atomic E-state index is 13.4. The zero-order valence-corrected chi connectivity index (χ0v) is 16.6. The third kappa shape index (κ3) is 3.80. The summed E-state index contributed by atoms with van der Waals surface area (Å²) in [6.45, 7) is 8.14. The number of piperazine rings is 1. The smallest absolute Gasteiger partial charge is 0.255 e. The fourth-order valence-corrected chi connectivity index (χ4v) is 3.40. The van der Waals surface area contributed by atoms with Gasteiger partial charge in [-0.2, -0.15) is 0 Å². The van der Waals surface area contributed by atoms with Crippen LogP contribution < -0.4 is 4.90 Å². The van der Waals surface area contributed by atoms with Crippen LogP contribution in [0.4, 0.5) is 10.2 Å².